The van der Waals surface area contributed by atoms with Crippen LogP contribution in [0.15, 0.2) is 24.3 Å². The number of hydrogen-bond acceptors (Lipinski definition) is 2. The van der Waals surface area contributed by atoms with Crippen LogP contribution in [0.3, 0.4) is 0 Å². The van der Waals surface area contributed by atoms with E-state index in [0.29, 0.717) is 6.04 Å². The predicted octanol–water partition coefficient (Wildman–Crippen LogP) is 3.65. The Labute approximate surface area is 122 Å². The number of rotatable bonds is 6. The minimum Gasteiger partial charge on any atom is -0.493 e. The molecule has 0 amide bonds. The Balaban J connectivity index is 1.48. The summed E-state index contributed by atoms with van der Waals surface area (Å²) in [4.78, 5) is 0. The van der Waals surface area contributed by atoms with Crippen molar-refractivity contribution in [3.05, 3.63) is 29.8 Å². The molecule has 0 aromatic heterocycles. The van der Waals surface area contributed by atoms with Crippen molar-refractivity contribution in [3.63, 3.8) is 0 Å². The molecular weight excluding hydrogens is 246 g/mol. The molecule has 4 atom stereocenters. The van der Waals surface area contributed by atoms with Crippen LogP contribution in [0.1, 0.15) is 38.2 Å². The summed E-state index contributed by atoms with van der Waals surface area (Å²) in [7, 11) is 2.01. The number of fused-ring (bicyclic) bond motifs is 2. The minimum absolute atomic E-state index is 0.524. The summed E-state index contributed by atoms with van der Waals surface area (Å²) in [5, 5.41) is 3.27. The molecule has 2 bridgehead atoms. The lowest BCUT2D eigenvalue weighted by molar-refractivity contribution is 0.195. The van der Waals surface area contributed by atoms with Crippen LogP contribution in [0.4, 0.5) is 0 Å². The lowest BCUT2D eigenvalue weighted by Gasteiger charge is -2.21. The molecule has 2 saturated carbocycles. The van der Waals surface area contributed by atoms with Gasteiger partial charge in [-0.15, -0.1) is 0 Å². The highest BCUT2D eigenvalue weighted by Gasteiger charge is 2.39. The first-order valence-corrected chi connectivity index (χ1v) is 8.13. The summed E-state index contributed by atoms with van der Waals surface area (Å²) < 4.78 is 6.01. The van der Waals surface area contributed by atoms with Crippen LogP contribution in [-0.4, -0.2) is 19.7 Å². The van der Waals surface area contributed by atoms with Crippen molar-refractivity contribution in [1.29, 1.82) is 0 Å². The summed E-state index contributed by atoms with van der Waals surface area (Å²) in [5.74, 6) is 3.82. The Kier molecular flexibility index (Phi) is 4.30. The fourth-order valence-electron chi connectivity index (χ4n) is 3.96. The average Bonchev–Trinajstić information content (AvgIpc) is 3.09. The Morgan fingerprint density at radius 3 is 2.60 bits per heavy atom. The molecule has 2 fully saturated rings. The largest absolute Gasteiger partial charge is 0.493 e. The fourth-order valence-corrected chi connectivity index (χ4v) is 3.96. The maximum absolute atomic E-state index is 6.01. The third-order valence-electron chi connectivity index (χ3n) is 5.31. The third kappa shape index (κ3) is 3.17. The molecule has 1 aromatic carbocycles. The van der Waals surface area contributed by atoms with Gasteiger partial charge in [-0.25, -0.2) is 0 Å². The van der Waals surface area contributed by atoms with Crippen LogP contribution in [0, 0.1) is 17.8 Å². The van der Waals surface area contributed by atoms with Crippen LogP contribution >= 0.6 is 0 Å². The van der Waals surface area contributed by atoms with E-state index in [2.05, 4.69) is 36.5 Å². The number of ether oxygens (including phenoxy) is 1. The smallest absolute Gasteiger partial charge is 0.119 e. The lowest BCUT2D eigenvalue weighted by atomic mass is 9.89. The molecule has 2 aliphatic carbocycles. The van der Waals surface area contributed by atoms with Gasteiger partial charge < -0.3 is 10.1 Å². The fraction of sp³-hybridized carbons (Fsp3) is 0.667. The summed E-state index contributed by atoms with van der Waals surface area (Å²) in [6.07, 6.45) is 6.86. The van der Waals surface area contributed by atoms with E-state index >= 15 is 0 Å². The molecule has 0 aliphatic heterocycles. The summed E-state index contributed by atoms with van der Waals surface area (Å²) >= 11 is 0. The van der Waals surface area contributed by atoms with Crippen LogP contribution in [0.5, 0.6) is 5.75 Å². The molecule has 20 heavy (non-hydrogen) atoms. The summed E-state index contributed by atoms with van der Waals surface area (Å²) in [6, 6.07) is 9.18. The maximum atomic E-state index is 6.01. The van der Waals surface area contributed by atoms with Crippen molar-refractivity contribution in [2.24, 2.45) is 17.8 Å². The second-order valence-corrected chi connectivity index (χ2v) is 6.78. The van der Waals surface area contributed by atoms with Gasteiger partial charge in [0, 0.05) is 6.04 Å². The minimum atomic E-state index is 0.524. The van der Waals surface area contributed by atoms with Crippen LogP contribution in [0.25, 0.3) is 0 Å². The van der Waals surface area contributed by atoms with E-state index in [1.54, 1.807) is 0 Å². The zero-order valence-electron chi connectivity index (χ0n) is 12.8. The number of hydrogen-bond donors (Lipinski definition) is 1. The highest BCUT2D eigenvalue weighted by molar-refractivity contribution is 5.27. The molecule has 4 unspecified atom stereocenters. The third-order valence-corrected chi connectivity index (χ3v) is 5.31. The van der Waals surface area contributed by atoms with E-state index < -0.39 is 0 Å². The molecular formula is C18H27NO. The molecule has 0 radical (unpaired) electrons. The standard InChI is InChI=1S/C18H27NO/c1-13(19-2)9-14-4-7-18(8-5-14)20-12-17-11-15-3-6-16(17)10-15/h4-5,7-8,13,15-17,19H,3,6,9-12H2,1-2H3. The monoisotopic (exact) mass is 273 g/mol. The number of nitrogens with one attached hydrogen (secondary N) is 1. The topological polar surface area (TPSA) is 21.3 Å². The first-order valence-electron chi connectivity index (χ1n) is 8.13. The Bertz CT molecular complexity index is 428. The first-order chi connectivity index (χ1) is 9.74. The SMILES string of the molecule is CNC(C)Cc1ccc(OCC2CC3CCC2C3)cc1. The van der Waals surface area contributed by atoms with Crippen molar-refractivity contribution in [3.8, 4) is 5.75 Å². The normalized spacial score (nSPS) is 29.6. The zero-order valence-corrected chi connectivity index (χ0v) is 12.8. The van der Waals surface area contributed by atoms with Crippen molar-refractivity contribution in [2.45, 2.75) is 45.1 Å². The second kappa shape index (κ2) is 6.17. The molecule has 1 aromatic rings. The van der Waals surface area contributed by atoms with E-state index in [1.807, 2.05) is 7.05 Å². The number of likely N-dealkylation sites (N-methyl/N-ethyl adjacent to an activating group) is 1. The van der Waals surface area contributed by atoms with Gasteiger partial charge in [0.05, 0.1) is 6.61 Å². The quantitative estimate of drug-likeness (QED) is 0.854. The van der Waals surface area contributed by atoms with Gasteiger partial charge >= 0.3 is 0 Å². The molecule has 3 rings (SSSR count). The van der Waals surface area contributed by atoms with Crippen LogP contribution < -0.4 is 10.1 Å². The van der Waals surface area contributed by atoms with Gasteiger partial charge in [0.15, 0.2) is 0 Å². The molecule has 0 heterocycles. The van der Waals surface area contributed by atoms with Crippen molar-refractivity contribution >= 4 is 0 Å². The van der Waals surface area contributed by atoms with Gasteiger partial charge in [-0.05, 0) is 75.1 Å². The van der Waals surface area contributed by atoms with Gasteiger partial charge in [-0.1, -0.05) is 18.6 Å². The maximum Gasteiger partial charge on any atom is 0.119 e. The van der Waals surface area contributed by atoms with Crippen molar-refractivity contribution in [1.82, 2.24) is 5.32 Å². The second-order valence-electron chi connectivity index (χ2n) is 6.78. The summed E-state index contributed by atoms with van der Waals surface area (Å²) in [6.45, 7) is 3.13. The van der Waals surface area contributed by atoms with E-state index in [-0.39, 0.29) is 0 Å². The highest BCUT2D eigenvalue weighted by Crippen LogP contribution is 2.48. The van der Waals surface area contributed by atoms with Crippen LogP contribution in [-0.2, 0) is 6.42 Å². The van der Waals surface area contributed by atoms with E-state index in [9.17, 15) is 0 Å². The van der Waals surface area contributed by atoms with E-state index in [0.717, 1.165) is 36.5 Å². The molecule has 0 spiro atoms. The van der Waals surface area contributed by atoms with Crippen LogP contribution in [0.2, 0.25) is 0 Å². The molecule has 1 N–H and O–H groups in total. The molecule has 2 nitrogen and oxygen atoms in total. The van der Waals surface area contributed by atoms with Gasteiger partial charge in [-0.3, -0.25) is 0 Å². The Hall–Kier alpha value is -1.02. The lowest BCUT2D eigenvalue weighted by Crippen LogP contribution is -2.23. The van der Waals surface area contributed by atoms with Crippen molar-refractivity contribution in [2.75, 3.05) is 13.7 Å². The Morgan fingerprint density at radius 1 is 1.20 bits per heavy atom. The molecule has 110 valence electrons. The molecule has 0 saturated heterocycles. The zero-order chi connectivity index (χ0) is 13.9. The molecule has 2 heteroatoms. The van der Waals surface area contributed by atoms with Gasteiger partial charge in [0.25, 0.3) is 0 Å². The summed E-state index contributed by atoms with van der Waals surface area (Å²) in [5.41, 5.74) is 1.37. The predicted molar refractivity (Wildman–Crippen MR) is 83.1 cm³/mol. The first kappa shape index (κ1) is 13.9. The Morgan fingerprint density at radius 2 is 2.00 bits per heavy atom. The van der Waals surface area contributed by atoms with E-state index in [4.69, 9.17) is 4.74 Å². The van der Waals surface area contributed by atoms with Gasteiger partial charge in [-0.2, -0.15) is 0 Å². The number of benzene rings is 1. The van der Waals surface area contributed by atoms with Crippen molar-refractivity contribution < 1.29 is 4.74 Å². The highest BCUT2D eigenvalue weighted by atomic mass is 16.5. The average molecular weight is 273 g/mol. The van der Waals surface area contributed by atoms with Gasteiger partial charge in [0.1, 0.15) is 5.75 Å². The van der Waals surface area contributed by atoms with Gasteiger partial charge in [0.2, 0.25) is 0 Å². The van der Waals surface area contributed by atoms with E-state index in [1.165, 1.54) is 31.2 Å². The molecule has 2 aliphatic rings.